The van der Waals surface area contributed by atoms with Crippen LogP contribution in [0.1, 0.15) is 5.56 Å². The number of pyridine rings is 1. The first kappa shape index (κ1) is 19.9. The molecule has 0 aliphatic carbocycles. The van der Waals surface area contributed by atoms with Crippen molar-refractivity contribution in [3.05, 3.63) is 54.4 Å². The molecule has 0 spiro atoms. The minimum Gasteiger partial charge on any atom is -0.376 e. The minimum atomic E-state index is -3.67. The molecule has 1 amide bonds. The highest BCUT2D eigenvalue weighted by molar-refractivity contribution is 7.89. The molecule has 1 aliphatic rings. The lowest BCUT2D eigenvalue weighted by Crippen LogP contribution is -2.51. The van der Waals surface area contributed by atoms with Gasteiger partial charge < -0.3 is 15.2 Å². The van der Waals surface area contributed by atoms with Gasteiger partial charge in [0.05, 0.1) is 18.2 Å². The molecule has 1 aliphatic heterocycles. The molecule has 9 nitrogen and oxygen atoms in total. The summed E-state index contributed by atoms with van der Waals surface area (Å²) >= 11 is 0. The summed E-state index contributed by atoms with van der Waals surface area (Å²) in [6.45, 7) is 1.23. The van der Waals surface area contributed by atoms with Crippen molar-refractivity contribution in [3.8, 4) is 6.07 Å². The lowest BCUT2D eigenvalue weighted by atomic mass is 10.2. The highest BCUT2D eigenvalue weighted by Crippen LogP contribution is 2.25. The van der Waals surface area contributed by atoms with E-state index in [1.807, 2.05) is 6.07 Å². The van der Waals surface area contributed by atoms with E-state index in [9.17, 15) is 13.2 Å². The van der Waals surface area contributed by atoms with Gasteiger partial charge in [0.2, 0.25) is 15.9 Å². The van der Waals surface area contributed by atoms with Crippen molar-refractivity contribution in [2.24, 2.45) is 0 Å². The normalized spacial score (nSPS) is 15.1. The Morgan fingerprint density at radius 1 is 1.17 bits per heavy atom. The number of amides is 1. The zero-order valence-corrected chi connectivity index (χ0v) is 16.9. The fourth-order valence-corrected chi connectivity index (χ4v) is 4.99. The van der Waals surface area contributed by atoms with Gasteiger partial charge in [-0.05, 0) is 36.4 Å². The Hall–Kier alpha value is -3.42. The number of benzene rings is 1. The third-order valence-corrected chi connectivity index (χ3v) is 7.02. The number of nitriles is 1. The number of nitrogens with zero attached hydrogens (tertiary/aromatic N) is 4. The SMILES string of the molecule is N#Cc1ccc(NCC(=O)N2CCN(S(=O)(=O)c3c[nH]c4ncccc34)CC2)cc1. The first-order valence-corrected chi connectivity index (χ1v) is 10.9. The van der Waals surface area contributed by atoms with Crippen LogP contribution in [0.4, 0.5) is 5.69 Å². The predicted octanol–water partition coefficient (Wildman–Crippen LogP) is 1.38. The Kier molecular flexibility index (Phi) is 5.39. The van der Waals surface area contributed by atoms with Gasteiger partial charge in [0, 0.05) is 49.6 Å². The maximum Gasteiger partial charge on any atom is 0.245 e. The Morgan fingerprint density at radius 2 is 1.90 bits per heavy atom. The van der Waals surface area contributed by atoms with Gasteiger partial charge in [-0.25, -0.2) is 13.4 Å². The topological polar surface area (TPSA) is 122 Å². The van der Waals surface area contributed by atoms with Crippen molar-refractivity contribution >= 4 is 32.7 Å². The molecule has 10 heteroatoms. The van der Waals surface area contributed by atoms with Crippen LogP contribution in [-0.4, -0.2) is 66.2 Å². The fraction of sp³-hybridized carbons (Fsp3) is 0.250. The van der Waals surface area contributed by atoms with Crippen LogP contribution in [0.2, 0.25) is 0 Å². The molecule has 1 fully saturated rings. The number of rotatable bonds is 5. The van der Waals surface area contributed by atoms with E-state index in [2.05, 4.69) is 15.3 Å². The van der Waals surface area contributed by atoms with Crippen molar-refractivity contribution in [2.45, 2.75) is 4.90 Å². The number of piperazine rings is 1. The number of hydrogen-bond acceptors (Lipinski definition) is 6. The molecule has 2 aromatic heterocycles. The number of aromatic amines is 1. The van der Waals surface area contributed by atoms with Gasteiger partial charge in [-0.2, -0.15) is 9.57 Å². The zero-order valence-electron chi connectivity index (χ0n) is 16.1. The highest BCUT2D eigenvalue weighted by atomic mass is 32.2. The summed E-state index contributed by atoms with van der Waals surface area (Å²) in [6, 6.07) is 12.3. The molecule has 4 rings (SSSR count). The quantitative estimate of drug-likeness (QED) is 0.638. The zero-order chi connectivity index (χ0) is 21.1. The van der Waals surface area contributed by atoms with Crippen LogP contribution in [0.5, 0.6) is 0 Å². The molecule has 1 saturated heterocycles. The largest absolute Gasteiger partial charge is 0.376 e. The van der Waals surface area contributed by atoms with E-state index >= 15 is 0 Å². The van der Waals surface area contributed by atoms with Gasteiger partial charge in [-0.15, -0.1) is 0 Å². The third kappa shape index (κ3) is 3.85. The Morgan fingerprint density at radius 3 is 2.60 bits per heavy atom. The highest BCUT2D eigenvalue weighted by Gasteiger charge is 2.31. The number of sulfonamides is 1. The summed E-state index contributed by atoms with van der Waals surface area (Å²) in [7, 11) is -3.67. The van der Waals surface area contributed by atoms with Crippen molar-refractivity contribution in [3.63, 3.8) is 0 Å². The molecule has 2 N–H and O–H groups in total. The standard InChI is InChI=1S/C20H20N6O3S/c21-12-15-3-5-16(6-4-15)23-14-19(27)25-8-10-26(11-9-25)30(28,29)18-13-24-20-17(18)2-1-7-22-20/h1-7,13,23H,8-11,14H2,(H,22,24). The number of aromatic nitrogens is 2. The fourth-order valence-electron chi connectivity index (χ4n) is 3.41. The second-order valence-corrected chi connectivity index (χ2v) is 8.79. The Labute approximate surface area is 174 Å². The van der Waals surface area contributed by atoms with Gasteiger partial charge in [0.1, 0.15) is 10.5 Å². The maximum absolute atomic E-state index is 13.0. The van der Waals surface area contributed by atoms with Crippen LogP contribution < -0.4 is 5.32 Å². The second kappa shape index (κ2) is 8.14. The molecule has 3 aromatic rings. The third-order valence-electron chi connectivity index (χ3n) is 5.08. The number of carbonyl (C=O) groups excluding carboxylic acids is 1. The first-order chi connectivity index (χ1) is 14.5. The van der Waals surface area contributed by atoms with Crippen LogP contribution in [-0.2, 0) is 14.8 Å². The molecule has 0 atom stereocenters. The lowest BCUT2D eigenvalue weighted by Gasteiger charge is -2.34. The van der Waals surface area contributed by atoms with Crippen molar-refractivity contribution in [2.75, 3.05) is 38.0 Å². The summed E-state index contributed by atoms with van der Waals surface area (Å²) in [5.41, 5.74) is 1.82. The molecule has 30 heavy (non-hydrogen) atoms. The molecule has 1 aromatic carbocycles. The molecule has 0 bridgehead atoms. The number of H-pyrrole nitrogens is 1. The van der Waals surface area contributed by atoms with E-state index in [0.29, 0.717) is 29.7 Å². The van der Waals surface area contributed by atoms with Crippen LogP contribution in [0.25, 0.3) is 11.0 Å². The summed E-state index contributed by atoms with van der Waals surface area (Å²) in [5, 5.41) is 12.4. The smallest absolute Gasteiger partial charge is 0.245 e. The molecule has 0 radical (unpaired) electrons. The van der Waals surface area contributed by atoms with Gasteiger partial charge in [0.25, 0.3) is 0 Å². The van der Waals surface area contributed by atoms with E-state index in [4.69, 9.17) is 5.26 Å². The van der Waals surface area contributed by atoms with Crippen LogP contribution in [0, 0.1) is 11.3 Å². The molecular formula is C20H20N6O3S. The van der Waals surface area contributed by atoms with Crippen LogP contribution >= 0.6 is 0 Å². The van der Waals surface area contributed by atoms with E-state index in [0.717, 1.165) is 5.69 Å². The van der Waals surface area contributed by atoms with E-state index in [1.54, 1.807) is 47.5 Å². The van der Waals surface area contributed by atoms with E-state index < -0.39 is 10.0 Å². The Balaban J connectivity index is 1.36. The monoisotopic (exact) mass is 424 g/mol. The van der Waals surface area contributed by atoms with E-state index in [-0.39, 0.29) is 30.4 Å². The molecule has 154 valence electrons. The lowest BCUT2D eigenvalue weighted by molar-refractivity contribution is -0.130. The molecule has 3 heterocycles. The predicted molar refractivity (Wildman–Crippen MR) is 111 cm³/mol. The number of anilines is 1. The van der Waals surface area contributed by atoms with Crippen molar-refractivity contribution in [1.82, 2.24) is 19.2 Å². The number of nitrogens with one attached hydrogen (secondary N) is 2. The summed E-state index contributed by atoms with van der Waals surface area (Å²) in [5.74, 6) is -0.104. The summed E-state index contributed by atoms with van der Waals surface area (Å²) in [6.07, 6.45) is 3.07. The minimum absolute atomic E-state index is 0.104. The average Bonchev–Trinajstić information content (AvgIpc) is 3.23. The van der Waals surface area contributed by atoms with Gasteiger partial charge in [0.15, 0.2) is 0 Å². The van der Waals surface area contributed by atoms with Gasteiger partial charge >= 0.3 is 0 Å². The van der Waals surface area contributed by atoms with Crippen LogP contribution in [0.3, 0.4) is 0 Å². The van der Waals surface area contributed by atoms with Crippen LogP contribution in [0.15, 0.2) is 53.7 Å². The number of hydrogen-bond donors (Lipinski definition) is 2. The number of carbonyl (C=O) groups is 1. The maximum atomic E-state index is 13.0. The number of fused-ring (bicyclic) bond motifs is 1. The average molecular weight is 424 g/mol. The summed E-state index contributed by atoms with van der Waals surface area (Å²) in [4.78, 5) is 21.4. The molecule has 0 saturated carbocycles. The molecule has 0 unspecified atom stereocenters. The van der Waals surface area contributed by atoms with Gasteiger partial charge in [-0.3, -0.25) is 4.79 Å². The molecular weight excluding hydrogens is 404 g/mol. The van der Waals surface area contributed by atoms with E-state index in [1.165, 1.54) is 10.5 Å². The Bertz CT molecular complexity index is 1210. The first-order valence-electron chi connectivity index (χ1n) is 9.43. The summed E-state index contributed by atoms with van der Waals surface area (Å²) < 4.78 is 27.5. The van der Waals surface area contributed by atoms with Gasteiger partial charge in [-0.1, -0.05) is 0 Å². The van der Waals surface area contributed by atoms with Crippen molar-refractivity contribution < 1.29 is 13.2 Å². The van der Waals surface area contributed by atoms with Crippen molar-refractivity contribution in [1.29, 1.82) is 5.26 Å². The second-order valence-electron chi connectivity index (χ2n) is 6.88.